The summed E-state index contributed by atoms with van der Waals surface area (Å²) in [6, 6.07) is 30.8. The van der Waals surface area contributed by atoms with Crippen LogP contribution < -0.4 is 4.65 Å². The van der Waals surface area contributed by atoms with Gasteiger partial charge in [0, 0.05) is 0 Å². The predicted molar refractivity (Wildman–Crippen MR) is 103 cm³/mol. The second-order valence-electron chi connectivity index (χ2n) is 5.86. The van der Waals surface area contributed by atoms with E-state index in [1.165, 1.54) is 10.8 Å². The number of hydrogen-bond donors (Lipinski definition) is 1. The summed E-state index contributed by atoms with van der Waals surface area (Å²) in [5, 5.41) is 11.5. The molecule has 0 unspecified atom stereocenters. The van der Waals surface area contributed by atoms with Crippen LogP contribution in [0.4, 0.5) is 0 Å². The van der Waals surface area contributed by atoms with E-state index in [-0.39, 0.29) is 0 Å². The summed E-state index contributed by atoms with van der Waals surface area (Å²) in [4.78, 5) is 0. The molecule has 0 aliphatic carbocycles. The van der Waals surface area contributed by atoms with E-state index >= 15 is 0 Å². The summed E-state index contributed by atoms with van der Waals surface area (Å²) in [5.41, 5.74) is 4.34. The van der Waals surface area contributed by atoms with Crippen molar-refractivity contribution in [1.82, 2.24) is 0 Å². The Morgan fingerprint density at radius 3 is 2.20 bits per heavy atom. The van der Waals surface area contributed by atoms with E-state index in [0.29, 0.717) is 5.75 Å². The Balaban J connectivity index is 1.93. The van der Waals surface area contributed by atoms with Gasteiger partial charge < -0.3 is 9.68 Å². The van der Waals surface area contributed by atoms with Crippen LogP contribution in [0, 0.1) is 0 Å². The van der Waals surface area contributed by atoms with Gasteiger partial charge in [-0.25, -0.2) is 0 Å². The van der Waals surface area contributed by atoms with Crippen molar-refractivity contribution in [2.45, 2.75) is 0 Å². The predicted octanol–water partition coefficient (Wildman–Crippen LogP) is 5.08. The lowest BCUT2D eigenvalue weighted by atomic mass is 9.95. The highest BCUT2D eigenvalue weighted by atomic mass is 16.5. The highest BCUT2D eigenvalue weighted by molar-refractivity contribution is 6.17. The largest absolute Gasteiger partial charge is 0.569 e. The van der Waals surface area contributed by atoms with Gasteiger partial charge in [0.2, 0.25) is 0 Å². The van der Waals surface area contributed by atoms with Gasteiger partial charge in [-0.3, -0.25) is 0 Å². The van der Waals surface area contributed by atoms with Gasteiger partial charge in [0.05, 0.1) is 0 Å². The third-order valence-corrected chi connectivity index (χ3v) is 4.30. The lowest BCUT2D eigenvalue weighted by Crippen LogP contribution is -2.00. The monoisotopic (exact) mass is 323 g/mol. The molecule has 119 valence electrons. The van der Waals surface area contributed by atoms with Crippen LogP contribution in [0.25, 0.3) is 33.0 Å². The second kappa shape index (κ2) is 6.84. The fourth-order valence-electron chi connectivity index (χ4n) is 3.16. The molecule has 4 aromatic rings. The molecular weight excluding hydrogens is 307 g/mol. The first-order valence-corrected chi connectivity index (χ1v) is 8.16. The van der Waals surface area contributed by atoms with Crippen LogP contribution in [0.1, 0.15) is 0 Å². The van der Waals surface area contributed by atoms with Gasteiger partial charge in [0.25, 0.3) is 0 Å². The standard InChI is InChI=1S/C22H16BO2/c24-23-25-20-14-18(16-7-2-1-3-8-16)13-19(15-20)22-12-6-10-17-9-4-5-11-21(17)22/h1-15,24H. The SMILES string of the molecule is O[B]Oc1cc(-c2ccccc2)cc(-c2cccc3ccccc23)c1. The minimum Gasteiger partial charge on any atom is -0.537 e. The molecular formula is C22H16BO2. The average molecular weight is 323 g/mol. The van der Waals surface area contributed by atoms with E-state index < -0.39 is 0 Å². The Morgan fingerprint density at radius 1 is 0.640 bits per heavy atom. The number of hydrogen-bond acceptors (Lipinski definition) is 2. The molecule has 0 saturated carbocycles. The van der Waals surface area contributed by atoms with Crippen molar-refractivity contribution in [3.8, 4) is 28.0 Å². The molecule has 25 heavy (non-hydrogen) atoms. The molecule has 4 aromatic carbocycles. The molecule has 3 heteroatoms. The normalized spacial score (nSPS) is 10.6. The van der Waals surface area contributed by atoms with Gasteiger partial charge in [-0.2, -0.15) is 0 Å². The molecule has 1 radical (unpaired) electrons. The van der Waals surface area contributed by atoms with Gasteiger partial charge in [-0.1, -0.05) is 72.8 Å². The first kappa shape index (κ1) is 15.5. The van der Waals surface area contributed by atoms with Gasteiger partial charge in [0.1, 0.15) is 5.75 Å². The van der Waals surface area contributed by atoms with Gasteiger partial charge in [-0.15, -0.1) is 0 Å². The van der Waals surface area contributed by atoms with Crippen LogP contribution in [-0.2, 0) is 0 Å². The smallest absolute Gasteiger partial charge is 0.537 e. The van der Waals surface area contributed by atoms with Crippen molar-refractivity contribution in [2.75, 3.05) is 0 Å². The van der Waals surface area contributed by atoms with E-state index in [4.69, 9.17) is 9.68 Å². The number of rotatable bonds is 4. The highest BCUT2D eigenvalue weighted by Crippen LogP contribution is 2.34. The molecule has 0 fully saturated rings. The Bertz CT molecular complexity index is 1010. The van der Waals surface area contributed by atoms with Crippen molar-refractivity contribution < 1.29 is 9.68 Å². The van der Waals surface area contributed by atoms with Crippen LogP contribution in [0.15, 0.2) is 91.0 Å². The van der Waals surface area contributed by atoms with E-state index in [0.717, 1.165) is 29.9 Å². The fraction of sp³-hybridized carbons (Fsp3) is 0. The summed E-state index contributed by atoms with van der Waals surface area (Å²) >= 11 is 0. The van der Waals surface area contributed by atoms with Crippen LogP contribution >= 0.6 is 0 Å². The van der Waals surface area contributed by atoms with Gasteiger partial charge in [-0.05, 0) is 51.2 Å². The summed E-state index contributed by atoms with van der Waals surface area (Å²) < 4.78 is 5.27. The third-order valence-electron chi connectivity index (χ3n) is 4.30. The number of benzene rings is 4. The topological polar surface area (TPSA) is 29.5 Å². The third kappa shape index (κ3) is 3.15. The molecule has 2 nitrogen and oxygen atoms in total. The van der Waals surface area contributed by atoms with Gasteiger partial charge in [0.15, 0.2) is 0 Å². The quantitative estimate of drug-likeness (QED) is 0.531. The van der Waals surface area contributed by atoms with Crippen LogP contribution in [0.3, 0.4) is 0 Å². The Labute approximate surface area is 147 Å². The van der Waals surface area contributed by atoms with Crippen molar-refractivity contribution in [1.29, 1.82) is 0 Å². The molecule has 0 bridgehead atoms. The number of fused-ring (bicyclic) bond motifs is 1. The van der Waals surface area contributed by atoms with Crippen LogP contribution in [-0.4, -0.2) is 12.7 Å². The van der Waals surface area contributed by atoms with Crippen molar-refractivity contribution in [3.63, 3.8) is 0 Å². The summed E-state index contributed by atoms with van der Waals surface area (Å²) in [7, 11) is 0.719. The first-order valence-electron chi connectivity index (χ1n) is 8.16. The molecule has 0 aliphatic rings. The van der Waals surface area contributed by atoms with E-state index in [1.54, 1.807) is 0 Å². The minimum atomic E-state index is 0.604. The Hall–Kier alpha value is -3.04. The fourth-order valence-corrected chi connectivity index (χ4v) is 3.16. The zero-order chi connectivity index (χ0) is 17.1. The molecule has 0 atom stereocenters. The Kier molecular flexibility index (Phi) is 4.24. The highest BCUT2D eigenvalue weighted by Gasteiger charge is 2.09. The van der Waals surface area contributed by atoms with Crippen molar-refractivity contribution in [2.24, 2.45) is 0 Å². The average Bonchev–Trinajstić information content (AvgIpc) is 2.68. The Morgan fingerprint density at radius 2 is 1.36 bits per heavy atom. The van der Waals surface area contributed by atoms with Crippen molar-refractivity contribution in [3.05, 3.63) is 91.0 Å². The summed E-state index contributed by atoms with van der Waals surface area (Å²) in [6.45, 7) is 0. The molecule has 4 rings (SSSR count). The molecule has 0 spiro atoms. The van der Waals surface area contributed by atoms with E-state index in [2.05, 4.69) is 48.5 Å². The molecule has 0 amide bonds. The van der Waals surface area contributed by atoms with E-state index in [1.807, 2.05) is 42.5 Å². The molecule has 0 saturated heterocycles. The van der Waals surface area contributed by atoms with Gasteiger partial charge >= 0.3 is 7.69 Å². The molecule has 0 aromatic heterocycles. The zero-order valence-corrected chi connectivity index (χ0v) is 13.6. The second-order valence-corrected chi connectivity index (χ2v) is 5.86. The maximum Gasteiger partial charge on any atom is 0.569 e. The summed E-state index contributed by atoms with van der Waals surface area (Å²) in [5.74, 6) is 0.604. The molecule has 0 heterocycles. The minimum absolute atomic E-state index is 0.604. The maximum absolute atomic E-state index is 9.07. The summed E-state index contributed by atoms with van der Waals surface area (Å²) in [6.07, 6.45) is 0. The first-order chi connectivity index (χ1) is 12.3. The molecule has 1 N–H and O–H groups in total. The maximum atomic E-state index is 9.07. The van der Waals surface area contributed by atoms with Crippen molar-refractivity contribution >= 4 is 18.5 Å². The van der Waals surface area contributed by atoms with E-state index in [9.17, 15) is 0 Å². The lowest BCUT2D eigenvalue weighted by Gasteiger charge is -2.12. The zero-order valence-electron chi connectivity index (χ0n) is 13.6. The van der Waals surface area contributed by atoms with Crippen LogP contribution in [0.2, 0.25) is 0 Å². The molecule has 0 aliphatic heterocycles. The lowest BCUT2D eigenvalue weighted by molar-refractivity contribution is 0.454. The van der Waals surface area contributed by atoms with Crippen LogP contribution in [0.5, 0.6) is 5.75 Å².